The lowest BCUT2D eigenvalue weighted by Crippen LogP contribution is -2.62. The fraction of sp³-hybridized carbons (Fsp3) is 0.569. The maximum absolute atomic E-state index is 15.8. The van der Waals surface area contributed by atoms with Gasteiger partial charge in [0, 0.05) is 43.6 Å². The SMILES string of the molecule is CN[C@@H](C)C(=O)NC(C(=O)N1C[C@@H](NC(=O)C2CC2CN(C(=O)[C@@H]2Cc3ccccc3CN2C(=O)[C@@H](NC(=O)[C@H](C)NC)C(C)(C)C)[C@H](C)c2ccccc2F)C[C@H]1C(=O)N[C@@H]1CCCc2ccccc21)C(C)(C)C. The molecule has 3 aromatic carbocycles. The summed E-state index contributed by atoms with van der Waals surface area (Å²) in [5.74, 6) is -4.01. The molecular weight excluding hydrogens is 954 g/mol. The number of hydrogen-bond donors (Lipinski definition) is 6. The number of rotatable bonds is 17. The van der Waals surface area contributed by atoms with E-state index in [0.717, 1.165) is 36.0 Å². The minimum Gasteiger partial charge on any atom is -0.351 e. The van der Waals surface area contributed by atoms with Crippen LogP contribution in [0, 0.1) is 28.5 Å². The number of carbonyl (C=O) groups excluding carboxylic acids is 7. The van der Waals surface area contributed by atoms with Crippen LogP contribution < -0.4 is 31.9 Å². The molecular formula is C58H80FN9O7. The zero-order chi connectivity index (χ0) is 54.7. The van der Waals surface area contributed by atoms with Gasteiger partial charge in [0.15, 0.2) is 0 Å². The lowest BCUT2D eigenvalue weighted by molar-refractivity contribution is -0.152. The zero-order valence-corrected chi connectivity index (χ0v) is 45.7. The standard InChI is InChI=1S/C58H80FN9O7/c1-33(60-10)50(69)64-48(57(4,5)6)55(74)67-30-38-21-13-12-20-37(38)28-47(67)54(73)66(35(3)41-23-16-17-25-44(41)59)31-39-27-43(39)52(71)62-40-29-46(53(72)63-45-26-18-22-36-19-14-15-24-42(36)45)68(32-40)56(75)49(58(7,8)9)65-51(70)34(2)61-11/h12-17,19-21,23-25,33-35,39-40,43,45-49,60-61H,18,22,26-32H2,1-11H3,(H,62,71)(H,63,72)(H,64,69)(H,65,70)/t33-,34-,35+,39?,40-,43?,45+,46-,47-,48+,49?/m0/s1. The van der Waals surface area contributed by atoms with Crippen molar-refractivity contribution in [2.45, 2.75) is 162 Å². The molecule has 0 spiro atoms. The van der Waals surface area contributed by atoms with Gasteiger partial charge in [-0.05, 0) is 112 Å². The summed E-state index contributed by atoms with van der Waals surface area (Å²) < 4.78 is 15.8. The Morgan fingerprint density at radius 3 is 1.84 bits per heavy atom. The van der Waals surface area contributed by atoms with Crippen molar-refractivity contribution in [3.05, 3.63) is 106 Å². The molecule has 6 N–H and O–H groups in total. The van der Waals surface area contributed by atoms with Gasteiger partial charge in [0.25, 0.3) is 0 Å². The number of benzene rings is 3. The van der Waals surface area contributed by atoms with Crippen molar-refractivity contribution in [3.63, 3.8) is 0 Å². The normalized spacial score (nSPS) is 23.3. The molecule has 2 fully saturated rings. The molecule has 1 saturated heterocycles. The second-order valence-corrected chi connectivity index (χ2v) is 23.5. The summed E-state index contributed by atoms with van der Waals surface area (Å²) in [6.07, 6.45) is 3.26. The van der Waals surface area contributed by atoms with E-state index < -0.39 is 88.6 Å². The van der Waals surface area contributed by atoms with Crippen LogP contribution in [0.1, 0.15) is 128 Å². The first-order valence-electron chi connectivity index (χ1n) is 26.8. The fourth-order valence-electron chi connectivity index (χ4n) is 10.9. The molecule has 2 aliphatic carbocycles. The molecule has 1 saturated carbocycles. The number of likely N-dealkylation sites (N-methyl/N-ethyl adjacent to an activating group) is 2. The van der Waals surface area contributed by atoms with E-state index in [0.29, 0.717) is 6.42 Å². The second-order valence-electron chi connectivity index (χ2n) is 23.5. The Morgan fingerprint density at radius 1 is 0.680 bits per heavy atom. The Kier molecular flexibility index (Phi) is 17.6. The van der Waals surface area contributed by atoms with Crippen molar-refractivity contribution in [3.8, 4) is 0 Å². The van der Waals surface area contributed by atoms with E-state index in [9.17, 15) is 28.8 Å². The van der Waals surface area contributed by atoms with Crippen molar-refractivity contribution in [1.82, 2.24) is 46.6 Å². The molecule has 406 valence electrons. The van der Waals surface area contributed by atoms with Gasteiger partial charge in [-0.2, -0.15) is 0 Å². The number of carbonyl (C=O) groups is 7. The highest BCUT2D eigenvalue weighted by Gasteiger charge is 2.51. The van der Waals surface area contributed by atoms with E-state index in [1.807, 2.05) is 84.0 Å². The molecule has 0 aromatic heterocycles. The Bertz CT molecular complexity index is 2610. The number of halogens is 1. The third-order valence-electron chi connectivity index (χ3n) is 16.0. The van der Waals surface area contributed by atoms with E-state index in [4.69, 9.17) is 0 Å². The molecule has 3 unspecified atom stereocenters. The maximum Gasteiger partial charge on any atom is 0.246 e. The summed E-state index contributed by atoms with van der Waals surface area (Å²) in [6.45, 7) is 16.5. The van der Waals surface area contributed by atoms with Gasteiger partial charge < -0.3 is 46.6 Å². The van der Waals surface area contributed by atoms with Crippen molar-refractivity contribution in [1.29, 1.82) is 0 Å². The van der Waals surface area contributed by atoms with Gasteiger partial charge in [0.1, 0.15) is 30.0 Å². The summed E-state index contributed by atoms with van der Waals surface area (Å²) in [5.41, 5.74) is 2.77. The number of likely N-dealkylation sites (tertiary alicyclic amines) is 1. The van der Waals surface area contributed by atoms with Gasteiger partial charge in [-0.3, -0.25) is 33.6 Å². The summed E-state index contributed by atoms with van der Waals surface area (Å²) in [7, 11) is 3.32. The quantitative estimate of drug-likeness (QED) is 0.109. The average Bonchev–Trinajstić information content (AvgIpc) is 4.04. The molecule has 3 aromatic rings. The van der Waals surface area contributed by atoms with Crippen molar-refractivity contribution >= 4 is 41.4 Å². The highest BCUT2D eigenvalue weighted by atomic mass is 19.1. The Labute approximate surface area is 442 Å². The first kappa shape index (κ1) is 56.5. The summed E-state index contributed by atoms with van der Waals surface area (Å²) in [6, 6.07) is 15.1. The highest BCUT2D eigenvalue weighted by molar-refractivity contribution is 5.96. The number of hydrogen-bond acceptors (Lipinski definition) is 9. The average molecular weight is 1030 g/mol. The van der Waals surface area contributed by atoms with Gasteiger partial charge >= 0.3 is 0 Å². The summed E-state index contributed by atoms with van der Waals surface area (Å²) in [4.78, 5) is 105. The second kappa shape index (κ2) is 23.4. The monoisotopic (exact) mass is 1030 g/mol. The van der Waals surface area contributed by atoms with Crippen LogP contribution in [0.2, 0.25) is 0 Å². The molecule has 2 aliphatic heterocycles. The molecule has 7 rings (SSSR count). The first-order chi connectivity index (χ1) is 35.4. The number of fused-ring (bicyclic) bond motifs is 2. The predicted octanol–water partition coefficient (Wildman–Crippen LogP) is 4.86. The summed E-state index contributed by atoms with van der Waals surface area (Å²) >= 11 is 0. The third kappa shape index (κ3) is 12.9. The number of aryl methyl sites for hydroxylation is 1. The minimum atomic E-state index is -1.02. The Balaban J connectivity index is 1.14. The van der Waals surface area contributed by atoms with Gasteiger partial charge in [0.05, 0.1) is 24.2 Å². The molecule has 0 bridgehead atoms. The zero-order valence-electron chi connectivity index (χ0n) is 45.7. The van der Waals surface area contributed by atoms with Crippen LogP contribution in [0.15, 0.2) is 72.8 Å². The van der Waals surface area contributed by atoms with Crippen molar-refractivity contribution < 1.29 is 38.0 Å². The smallest absolute Gasteiger partial charge is 0.246 e. The number of nitrogens with one attached hydrogen (secondary N) is 6. The van der Waals surface area contributed by atoms with Gasteiger partial charge in [-0.1, -0.05) is 108 Å². The van der Waals surface area contributed by atoms with Gasteiger partial charge in [0.2, 0.25) is 41.4 Å². The highest BCUT2D eigenvalue weighted by Crippen LogP contribution is 2.42. The lowest BCUT2D eigenvalue weighted by atomic mass is 9.84. The van der Waals surface area contributed by atoms with Crippen LogP contribution in [-0.2, 0) is 52.9 Å². The van der Waals surface area contributed by atoms with Gasteiger partial charge in [-0.25, -0.2) is 4.39 Å². The molecule has 75 heavy (non-hydrogen) atoms. The maximum atomic E-state index is 15.8. The number of amides is 7. The topological polar surface area (TPSA) is 201 Å². The third-order valence-corrected chi connectivity index (χ3v) is 16.0. The first-order valence-corrected chi connectivity index (χ1v) is 26.8. The van der Waals surface area contributed by atoms with Crippen LogP contribution in [0.3, 0.4) is 0 Å². The van der Waals surface area contributed by atoms with E-state index in [2.05, 4.69) is 38.0 Å². The van der Waals surface area contributed by atoms with Crippen LogP contribution in [0.25, 0.3) is 0 Å². The molecule has 17 heteroatoms. The van der Waals surface area contributed by atoms with E-state index >= 15 is 9.18 Å². The molecule has 0 radical (unpaired) electrons. The van der Waals surface area contributed by atoms with E-state index in [-0.39, 0.29) is 73.6 Å². The lowest BCUT2D eigenvalue weighted by Gasteiger charge is -2.43. The van der Waals surface area contributed by atoms with Crippen LogP contribution in [-0.4, -0.2) is 126 Å². The molecule has 2 heterocycles. The predicted molar refractivity (Wildman–Crippen MR) is 285 cm³/mol. The van der Waals surface area contributed by atoms with Crippen molar-refractivity contribution in [2.24, 2.45) is 22.7 Å². The van der Waals surface area contributed by atoms with Crippen molar-refractivity contribution in [2.75, 3.05) is 27.2 Å². The van der Waals surface area contributed by atoms with E-state index in [1.165, 1.54) is 16.5 Å². The molecule has 7 amide bonds. The summed E-state index contributed by atoms with van der Waals surface area (Å²) in [5, 5.41) is 18.1. The van der Waals surface area contributed by atoms with Crippen LogP contribution >= 0.6 is 0 Å². The molecule has 4 aliphatic rings. The Hall–Kier alpha value is -6.20. The van der Waals surface area contributed by atoms with Crippen LogP contribution in [0.4, 0.5) is 4.39 Å². The Morgan fingerprint density at radius 2 is 1.24 bits per heavy atom. The number of nitrogens with zero attached hydrogens (tertiary/aromatic N) is 3. The molecule has 11 atom stereocenters. The fourth-order valence-corrected chi connectivity index (χ4v) is 10.9. The van der Waals surface area contributed by atoms with E-state index in [1.54, 1.807) is 62.9 Å². The largest absolute Gasteiger partial charge is 0.351 e. The van der Waals surface area contributed by atoms with Gasteiger partial charge in [-0.15, -0.1) is 0 Å². The van der Waals surface area contributed by atoms with Crippen LogP contribution in [0.5, 0.6) is 0 Å². The minimum absolute atomic E-state index is 0.0250. The molecule has 16 nitrogen and oxygen atoms in total.